The zero-order valence-corrected chi connectivity index (χ0v) is 24.6. The fraction of sp³-hybridized carbons (Fsp3) is 0.265. The quantitative estimate of drug-likeness (QED) is 0.289. The summed E-state index contributed by atoms with van der Waals surface area (Å²) < 4.78 is 17.3. The van der Waals surface area contributed by atoms with E-state index in [0.29, 0.717) is 36.8 Å². The van der Waals surface area contributed by atoms with Gasteiger partial charge >= 0.3 is 0 Å². The molecule has 3 N–H and O–H groups in total. The number of rotatable bonds is 6. The summed E-state index contributed by atoms with van der Waals surface area (Å²) in [5.74, 6) is -0.538. The Kier molecular flexibility index (Phi) is 6.65. The molecule has 0 aliphatic carbocycles. The van der Waals surface area contributed by atoms with Crippen LogP contribution in [0, 0.1) is 5.82 Å². The molecule has 2 aliphatic heterocycles. The predicted molar refractivity (Wildman–Crippen MR) is 170 cm³/mol. The SMILES string of the molecule is NCC1(n2cc(-c3ncnc4[nH]ccc34)cn2)CN(C2CCN(C(=O)c3ccc(-c4ccc5ncccc5c4)c(F)c3)CC2)C1. The maximum absolute atomic E-state index is 15.3. The number of H-pyrrole nitrogens is 1. The van der Waals surface area contributed by atoms with Crippen LogP contribution in [0.15, 0.2) is 85.7 Å². The number of piperidine rings is 1. The maximum atomic E-state index is 15.3. The van der Waals surface area contributed by atoms with Crippen LogP contribution in [-0.4, -0.2) is 84.2 Å². The van der Waals surface area contributed by atoms with Gasteiger partial charge in [-0.15, -0.1) is 0 Å². The van der Waals surface area contributed by atoms with Crippen LogP contribution in [0.1, 0.15) is 23.2 Å². The fourth-order valence-corrected chi connectivity index (χ4v) is 6.88. The summed E-state index contributed by atoms with van der Waals surface area (Å²) in [5, 5.41) is 6.59. The van der Waals surface area contributed by atoms with Gasteiger partial charge in [0.05, 0.1) is 17.4 Å². The molecule has 8 rings (SSSR count). The van der Waals surface area contributed by atoms with Gasteiger partial charge in [-0.2, -0.15) is 5.10 Å². The Bertz CT molecular complexity index is 2040. The highest BCUT2D eigenvalue weighted by molar-refractivity contribution is 5.95. The van der Waals surface area contributed by atoms with Crippen LogP contribution in [-0.2, 0) is 5.54 Å². The van der Waals surface area contributed by atoms with Gasteiger partial charge in [-0.05, 0) is 54.8 Å². The third-order valence-electron chi connectivity index (χ3n) is 9.47. The number of likely N-dealkylation sites (tertiary alicyclic amines) is 2. The number of carbonyl (C=O) groups excluding carboxylic acids is 1. The molecule has 226 valence electrons. The van der Waals surface area contributed by atoms with Crippen LogP contribution < -0.4 is 5.73 Å². The van der Waals surface area contributed by atoms with E-state index in [4.69, 9.17) is 10.8 Å². The molecule has 0 radical (unpaired) electrons. The highest BCUT2D eigenvalue weighted by Gasteiger charge is 2.47. The van der Waals surface area contributed by atoms with Gasteiger partial charge in [0.25, 0.3) is 5.91 Å². The lowest BCUT2D eigenvalue weighted by Gasteiger charge is -2.54. The lowest BCUT2D eigenvalue weighted by Crippen LogP contribution is -2.69. The van der Waals surface area contributed by atoms with E-state index in [1.807, 2.05) is 64.6 Å². The van der Waals surface area contributed by atoms with Gasteiger partial charge in [0, 0.05) is 84.8 Å². The molecule has 0 spiro atoms. The number of carbonyl (C=O) groups is 1. The van der Waals surface area contributed by atoms with Crippen molar-refractivity contribution in [1.29, 1.82) is 0 Å². The zero-order chi connectivity index (χ0) is 30.5. The topological polar surface area (TPSA) is 122 Å². The first-order valence-electron chi connectivity index (χ1n) is 15.2. The molecule has 0 saturated carbocycles. The van der Waals surface area contributed by atoms with E-state index in [-0.39, 0.29) is 11.4 Å². The molecule has 2 aromatic carbocycles. The number of nitrogens with zero attached hydrogens (tertiary/aromatic N) is 7. The number of hydrogen-bond acceptors (Lipinski definition) is 7. The van der Waals surface area contributed by atoms with Crippen molar-refractivity contribution >= 4 is 27.8 Å². The number of hydrogen-bond donors (Lipinski definition) is 2. The Labute approximate surface area is 258 Å². The van der Waals surface area contributed by atoms with Crippen LogP contribution in [0.5, 0.6) is 0 Å². The first kappa shape index (κ1) is 27.5. The minimum absolute atomic E-state index is 0.133. The summed E-state index contributed by atoms with van der Waals surface area (Å²) in [6.45, 7) is 3.32. The van der Waals surface area contributed by atoms with Crippen LogP contribution >= 0.6 is 0 Å². The van der Waals surface area contributed by atoms with Gasteiger partial charge in [0.15, 0.2) is 0 Å². The number of halogens is 1. The molecular weight excluding hydrogens is 569 g/mol. The molecule has 11 heteroatoms. The number of fused-ring (bicyclic) bond motifs is 2. The van der Waals surface area contributed by atoms with E-state index in [2.05, 4.69) is 24.8 Å². The van der Waals surface area contributed by atoms with Crippen molar-refractivity contribution in [2.24, 2.45) is 5.73 Å². The summed E-state index contributed by atoms with van der Waals surface area (Å²) in [6.07, 6.45) is 10.7. The summed E-state index contributed by atoms with van der Waals surface area (Å²) >= 11 is 0. The van der Waals surface area contributed by atoms with Gasteiger partial charge in [0.1, 0.15) is 23.3 Å². The third-order valence-corrected chi connectivity index (χ3v) is 9.47. The summed E-state index contributed by atoms with van der Waals surface area (Å²) in [4.78, 5) is 33.9. The number of aromatic nitrogens is 6. The number of nitrogens with two attached hydrogens (primary N) is 1. The van der Waals surface area contributed by atoms with Crippen molar-refractivity contribution in [3.05, 3.63) is 97.1 Å². The minimum atomic E-state index is -0.406. The van der Waals surface area contributed by atoms with Gasteiger partial charge in [-0.3, -0.25) is 19.4 Å². The Morgan fingerprint density at radius 2 is 1.89 bits per heavy atom. The summed E-state index contributed by atoms with van der Waals surface area (Å²) in [7, 11) is 0. The molecular formula is C34H32FN9O. The van der Waals surface area contributed by atoms with Crippen molar-refractivity contribution in [2.45, 2.75) is 24.4 Å². The lowest BCUT2D eigenvalue weighted by atomic mass is 9.86. The monoisotopic (exact) mass is 601 g/mol. The molecule has 0 bridgehead atoms. The molecule has 6 heterocycles. The molecule has 0 atom stereocenters. The molecule has 0 unspecified atom stereocenters. The van der Waals surface area contributed by atoms with Gasteiger partial charge in [-0.1, -0.05) is 18.2 Å². The average molecular weight is 602 g/mol. The Morgan fingerprint density at radius 1 is 1.02 bits per heavy atom. The molecule has 2 aliphatic rings. The van der Waals surface area contributed by atoms with Gasteiger partial charge in [-0.25, -0.2) is 14.4 Å². The number of aromatic amines is 1. The summed E-state index contributed by atoms with van der Waals surface area (Å²) in [6, 6.07) is 16.6. The Balaban J connectivity index is 0.903. The number of nitrogens with one attached hydrogen (secondary N) is 1. The molecule has 10 nitrogen and oxygen atoms in total. The second-order valence-electron chi connectivity index (χ2n) is 12.1. The van der Waals surface area contributed by atoms with E-state index in [1.165, 1.54) is 6.07 Å². The average Bonchev–Trinajstić information content (AvgIpc) is 3.75. The standard InChI is InChI=1S/C34H32FN9O/c35-29-15-24(3-5-27(29)22-4-6-30-23(14-22)2-1-10-37-30)33(45)42-12-8-26(9-13-42)43-19-34(18-36,20-43)44-17-25(16-41-44)31-28-7-11-38-32(28)40-21-39-31/h1-7,10-11,14-17,21,26H,8-9,12-13,18-20,36H2,(H,38,39,40). The van der Waals surface area contributed by atoms with Crippen molar-refractivity contribution in [3.8, 4) is 22.4 Å². The molecule has 2 saturated heterocycles. The van der Waals surface area contributed by atoms with Crippen LogP contribution in [0.25, 0.3) is 44.3 Å². The van der Waals surface area contributed by atoms with Crippen molar-refractivity contribution < 1.29 is 9.18 Å². The summed E-state index contributed by atoms with van der Waals surface area (Å²) in [5.41, 5.74) is 11.1. The zero-order valence-electron chi connectivity index (χ0n) is 24.6. The van der Waals surface area contributed by atoms with Crippen molar-refractivity contribution in [3.63, 3.8) is 0 Å². The molecule has 6 aromatic rings. The molecule has 1 amide bonds. The maximum Gasteiger partial charge on any atom is 0.253 e. The third kappa shape index (κ3) is 4.75. The van der Waals surface area contributed by atoms with E-state index in [0.717, 1.165) is 64.7 Å². The second-order valence-corrected chi connectivity index (χ2v) is 12.1. The predicted octanol–water partition coefficient (Wildman–Crippen LogP) is 4.45. The van der Waals surface area contributed by atoms with Crippen LogP contribution in [0.2, 0.25) is 0 Å². The van der Waals surface area contributed by atoms with E-state index >= 15 is 4.39 Å². The van der Waals surface area contributed by atoms with E-state index < -0.39 is 5.82 Å². The van der Waals surface area contributed by atoms with Crippen molar-refractivity contribution in [2.75, 3.05) is 32.7 Å². The van der Waals surface area contributed by atoms with Crippen LogP contribution in [0.3, 0.4) is 0 Å². The smallest absolute Gasteiger partial charge is 0.253 e. The molecule has 45 heavy (non-hydrogen) atoms. The number of amides is 1. The van der Waals surface area contributed by atoms with Crippen molar-refractivity contribution in [1.82, 2.24) is 39.5 Å². The van der Waals surface area contributed by atoms with E-state index in [9.17, 15) is 4.79 Å². The Morgan fingerprint density at radius 3 is 2.71 bits per heavy atom. The highest BCUT2D eigenvalue weighted by atomic mass is 19.1. The minimum Gasteiger partial charge on any atom is -0.346 e. The molecule has 2 fully saturated rings. The molecule has 4 aromatic heterocycles. The van der Waals surface area contributed by atoms with Gasteiger partial charge < -0.3 is 15.6 Å². The second kappa shape index (κ2) is 10.9. The number of pyridine rings is 1. The normalized spacial score (nSPS) is 17.2. The van der Waals surface area contributed by atoms with Gasteiger partial charge in [0.2, 0.25) is 0 Å². The first-order chi connectivity index (χ1) is 22.0. The largest absolute Gasteiger partial charge is 0.346 e. The fourth-order valence-electron chi connectivity index (χ4n) is 6.88. The lowest BCUT2D eigenvalue weighted by molar-refractivity contribution is -0.0385. The first-order valence-corrected chi connectivity index (χ1v) is 15.2. The van der Waals surface area contributed by atoms with E-state index in [1.54, 1.807) is 24.7 Å². The number of benzene rings is 2. The van der Waals surface area contributed by atoms with Crippen LogP contribution in [0.4, 0.5) is 4.39 Å². The highest BCUT2D eigenvalue weighted by Crippen LogP contribution is 2.35. The Hall–Kier alpha value is -5.00.